The van der Waals surface area contributed by atoms with E-state index >= 15 is 0 Å². The van der Waals surface area contributed by atoms with Crippen LogP contribution in [0.4, 0.5) is 23.8 Å². The number of nitrogens with zero attached hydrogens (tertiary/aromatic N) is 8. The molecular weight excluding hydrogens is 532 g/mol. The van der Waals surface area contributed by atoms with Gasteiger partial charge in [-0.05, 0) is 50.9 Å². The fraction of sp³-hybridized carbons (Fsp3) is 0.769. The van der Waals surface area contributed by atoms with Gasteiger partial charge < -0.3 is 25.2 Å². The summed E-state index contributed by atoms with van der Waals surface area (Å²) in [7, 11) is -2.98. The highest BCUT2D eigenvalue weighted by atomic mass is 32.2. The molecule has 40 heavy (non-hydrogen) atoms. The summed E-state index contributed by atoms with van der Waals surface area (Å²) in [5.74, 6) is 6.33. The van der Waals surface area contributed by atoms with Crippen LogP contribution in [-0.2, 0) is 14.6 Å². The molecule has 0 bridgehead atoms. The molecule has 2 saturated heterocycles. The van der Waals surface area contributed by atoms with Gasteiger partial charge in [0, 0.05) is 45.0 Å². The van der Waals surface area contributed by atoms with E-state index in [-0.39, 0.29) is 13.1 Å². The molecule has 6 fully saturated rings. The molecule has 4 saturated carbocycles. The maximum absolute atomic E-state index is 11.6. The molecule has 0 aromatic carbocycles. The summed E-state index contributed by atoms with van der Waals surface area (Å²) in [5.41, 5.74) is 0. The van der Waals surface area contributed by atoms with Crippen molar-refractivity contribution in [2.45, 2.75) is 75.8 Å². The summed E-state index contributed by atoms with van der Waals surface area (Å²) >= 11 is 0. The first-order chi connectivity index (χ1) is 19.4. The van der Waals surface area contributed by atoms with Crippen molar-refractivity contribution >= 4 is 33.6 Å². The van der Waals surface area contributed by atoms with Crippen molar-refractivity contribution in [3.8, 4) is 0 Å². The van der Waals surface area contributed by atoms with Crippen LogP contribution in [0.1, 0.15) is 76.8 Å². The average molecular weight is 573 g/mol. The number of ether oxygens (including phenoxy) is 1. The van der Waals surface area contributed by atoms with Gasteiger partial charge in [0.1, 0.15) is 17.5 Å². The quantitative estimate of drug-likeness (QED) is 0.476. The minimum absolute atomic E-state index is 0. The van der Waals surface area contributed by atoms with Crippen LogP contribution in [0.25, 0.3) is 0 Å². The van der Waals surface area contributed by atoms with E-state index in [1.54, 1.807) is 4.90 Å². The van der Waals surface area contributed by atoms with Crippen LogP contribution in [0.3, 0.4) is 0 Å². The molecule has 4 heterocycles. The average Bonchev–Trinajstić information content (AvgIpc) is 3.76. The zero-order valence-electron chi connectivity index (χ0n) is 23.0. The first-order valence-electron chi connectivity index (χ1n) is 14.7. The predicted octanol–water partition coefficient (Wildman–Crippen LogP) is 2.17. The number of nitrogens with one attached hydrogen (secondary N) is 2. The van der Waals surface area contributed by atoms with Gasteiger partial charge in [-0.1, -0.05) is 6.92 Å². The molecule has 2 aliphatic heterocycles. The summed E-state index contributed by atoms with van der Waals surface area (Å²) in [5, 5.41) is 6.70. The normalized spacial score (nSPS) is 27.1. The van der Waals surface area contributed by atoms with E-state index in [9.17, 15) is 8.42 Å². The van der Waals surface area contributed by atoms with E-state index in [1.165, 1.54) is 19.3 Å². The van der Waals surface area contributed by atoms with E-state index in [0.29, 0.717) is 48.3 Å². The van der Waals surface area contributed by atoms with Crippen LogP contribution in [0.2, 0.25) is 0 Å². The number of hydrogen-bond acceptors (Lipinski definition) is 13. The molecule has 218 valence electrons. The second kappa shape index (κ2) is 10.5. The molecule has 13 nitrogen and oxygen atoms in total. The highest BCUT2D eigenvalue weighted by Gasteiger charge is 2.38. The fourth-order valence-corrected chi connectivity index (χ4v) is 6.25. The van der Waals surface area contributed by atoms with E-state index in [4.69, 9.17) is 9.72 Å². The summed E-state index contributed by atoms with van der Waals surface area (Å²) in [6.07, 6.45) is 8.20. The van der Waals surface area contributed by atoms with Crippen molar-refractivity contribution in [3.05, 3.63) is 11.6 Å². The van der Waals surface area contributed by atoms with Gasteiger partial charge in [0.15, 0.2) is 9.84 Å². The molecule has 0 amide bonds. The number of sulfone groups is 1. The highest BCUT2D eigenvalue weighted by Crippen LogP contribution is 2.46. The smallest absolute Gasteiger partial charge is 0.231 e. The van der Waals surface area contributed by atoms with Crippen molar-refractivity contribution in [1.29, 1.82) is 0 Å². The topological polar surface area (TPSA) is 151 Å². The molecule has 6 aliphatic rings. The minimum atomic E-state index is -2.98. The Morgan fingerprint density at radius 1 is 0.775 bits per heavy atom. The molecule has 8 rings (SSSR count). The highest BCUT2D eigenvalue weighted by molar-refractivity contribution is 7.91. The van der Waals surface area contributed by atoms with E-state index in [0.717, 1.165) is 75.5 Å². The second-order valence-electron chi connectivity index (χ2n) is 12.0. The van der Waals surface area contributed by atoms with Gasteiger partial charge in [-0.2, -0.15) is 29.9 Å². The van der Waals surface area contributed by atoms with Gasteiger partial charge in [-0.3, -0.25) is 0 Å². The van der Waals surface area contributed by atoms with Crippen molar-refractivity contribution < 1.29 is 14.6 Å². The van der Waals surface area contributed by atoms with Gasteiger partial charge in [0.2, 0.25) is 23.8 Å². The van der Waals surface area contributed by atoms with Gasteiger partial charge in [0.05, 0.1) is 19.0 Å². The predicted molar refractivity (Wildman–Crippen MR) is 153 cm³/mol. The third kappa shape index (κ3) is 6.54. The number of anilines is 4. The Morgan fingerprint density at radius 2 is 1.35 bits per heavy atom. The lowest BCUT2D eigenvalue weighted by Gasteiger charge is -2.27. The van der Waals surface area contributed by atoms with Crippen molar-refractivity contribution in [3.63, 3.8) is 0 Å². The lowest BCUT2D eigenvalue weighted by atomic mass is 10.3. The third-order valence-corrected chi connectivity index (χ3v) is 9.60. The number of morpholine rings is 1. The Balaban J connectivity index is 0.000000144. The molecule has 4 aliphatic carbocycles. The first kappa shape index (κ1) is 26.1. The Bertz CT molecular complexity index is 1350. The Morgan fingerprint density at radius 3 is 1.88 bits per heavy atom. The molecule has 2 atom stereocenters. The summed E-state index contributed by atoms with van der Waals surface area (Å²) < 4.78 is 28.6. The maximum atomic E-state index is 11.6. The number of rotatable bonds is 8. The van der Waals surface area contributed by atoms with Crippen LogP contribution in [0, 0.1) is 5.92 Å². The third-order valence-electron chi connectivity index (χ3n) is 8.09. The van der Waals surface area contributed by atoms with Crippen molar-refractivity contribution in [1.82, 2.24) is 29.9 Å². The summed E-state index contributed by atoms with van der Waals surface area (Å²) in [6, 6.07) is 1.04. The Hall–Kier alpha value is -2.87. The molecule has 2 aromatic rings. The first-order valence-corrected chi connectivity index (χ1v) is 16.5. The summed E-state index contributed by atoms with van der Waals surface area (Å²) in [4.78, 5) is 31.2. The number of aromatic nitrogens is 6. The van der Waals surface area contributed by atoms with Crippen molar-refractivity contribution in [2.24, 2.45) is 5.92 Å². The van der Waals surface area contributed by atoms with Gasteiger partial charge >= 0.3 is 0 Å². The Kier molecular flexibility index (Phi) is 6.85. The molecule has 0 spiro atoms. The van der Waals surface area contributed by atoms with Crippen LogP contribution in [0.15, 0.2) is 0 Å². The lowest BCUT2D eigenvalue weighted by molar-refractivity contribution is 0.122. The molecular formula is C26H40N10O3S. The summed E-state index contributed by atoms with van der Waals surface area (Å²) in [6.45, 7) is 5.98. The molecule has 2 aromatic heterocycles. The van der Waals surface area contributed by atoms with Crippen LogP contribution >= 0.6 is 0 Å². The van der Waals surface area contributed by atoms with Crippen LogP contribution in [-0.4, -0.2) is 94.9 Å². The zero-order chi connectivity index (χ0) is 27.3. The fourth-order valence-electron chi connectivity index (χ4n) is 4.90. The lowest BCUT2D eigenvalue weighted by Crippen LogP contribution is -2.37. The maximum Gasteiger partial charge on any atom is 0.231 e. The van der Waals surface area contributed by atoms with Crippen LogP contribution < -0.4 is 20.4 Å². The zero-order valence-corrected chi connectivity index (χ0v) is 23.8. The second-order valence-corrected chi connectivity index (χ2v) is 14.2. The molecule has 0 radical (unpaired) electrons. The SMILES string of the molecule is CC1CC1c1nc(NC2CC2)nc(N2CCOCC2)n1.O=S1(=O)CCN(c2nc(NC3CC3)nc(C3CC3)n2)C1.[HH]. The number of hydrogen-bond donors (Lipinski definition) is 2. The Labute approximate surface area is 236 Å². The monoisotopic (exact) mass is 572 g/mol. The van der Waals surface area contributed by atoms with Gasteiger partial charge in [0.25, 0.3) is 0 Å². The molecule has 2 unspecified atom stereocenters. The molecule has 14 heteroatoms. The minimum Gasteiger partial charge on any atom is -0.378 e. The van der Waals surface area contributed by atoms with Crippen molar-refractivity contribution in [2.75, 3.05) is 64.9 Å². The van der Waals surface area contributed by atoms with E-state index in [2.05, 4.69) is 47.4 Å². The van der Waals surface area contributed by atoms with E-state index < -0.39 is 9.84 Å². The van der Waals surface area contributed by atoms with Crippen LogP contribution in [0.5, 0.6) is 0 Å². The standard InChI is InChI=1S/C14H21N5O.C12H17N5O2S.H2/c1-9-8-11(9)12-16-13(15-10-2-3-10)18-14(17-12)19-4-6-20-7-5-19;18-20(19)6-5-17(7-20)12-15-10(8-1-2-8)14-11(16-12)13-9-3-4-9;/h9-11H,2-8H2,1H3,(H,15,16,17,18);8-9H,1-7H2,(H,13,14,15,16);1H. The van der Waals surface area contributed by atoms with Gasteiger partial charge in [-0.15, -0.1) is 0 Å². The van der Waals surface area contributed by atoms with Gasteiger partial charge in [-0.25, -0.2) is 8.42 Å². The molecule has 2 N–H and O–H groups in total. The van der Waals surface area contributed by atoms with E-state index in [1.807, 2.05) is 0 Å². The largest absolute Gasteiger partial charge is 0.378 e.